The molecule has 1 aromatic rings. The lowest BCUT2D eigenvalue weighted by molar-refractivity contribution is -0.137. The standard InChI is InChI=1S/C12H14FNO3/c1-2-7-14(8-11(15)16)12(17)9-5-3-4-6-10(9)13/h3-6H,2,7-8H2,1H3,(H,15,16). The second kappa shape index (κ2) is 5.98. The molecule has 0 heterocycles. The molecular weight excluding hydrogens is 225 g/mol. The van der Waals surface area contributed by atoms with Gasteiger partial charge in [0.1, 0.15) is 12.4 Å². The van der Waals surface area contributed by atoms with Gasteiger partial charge in [-0.05, 0) is 18.6 Å². The van der Waals surface area contributed by atoms with Crippen molar-refractivity contribution in [3.63, 3.8) is 0 Å². The topological polar surface area (TPSA) is 57.6 Å². The van der Waals surface area contributed by atoms with Crippen molar-refractivity contribution in [2.75, 3.05) is 13.1 Å². The Kier molecular flexibility index (Phi) is 4.63. The molecule has 1 N–H and O–H groups in total. The number of aliphatic carboxylic acids is 1. The zero-order valence-electron chi connectivity index (χ0n) is 9.52. The highest BCUT2D eigenvalue weighted by molar-refractivity contribution is 5.96. The molecule has 0 bridgehead atoms. The lowest BCUT2D eigenvalue weighted by Gasteiger charge is -2.20. The van der Waals surface area contributed by atoms with E-state index in [9.17, 15) is 14.0 Å². The first-order valence-electron chi connectivity index (χ1n) is 5.31. The molecular formula is C12H14FNO3. The van der Waals surface area contributed by atoms with Crippen LogP contribution in [0.3, 0.4) is 0 Å². The Balaban J connectivity index is 2.91. The fraction of sp³-hybridized carbons (Fsp3) is 0.333. The molecule has 1 amide bonds. The Morgan fingerprint density at radius 1 is 1.35 bits per heavy atom. The Morgan fingerprint density at radius 3 is 2.53 bits per heavy atom. The largest absolute Gasteiger partial charge is 0.480 e. The summed E-state index contributed by atoms with van der Waals surface area (Å²) in [6, 6.07) is 5.55. The molecule has 0 saturated carbocycles. The predicted molar refractivity (Wildman–Crippen MR) is 60.2 cm³/mol. The number of hydrogen-bond donors (Lipinski definition) is 1. The fourth-order valence-corrected chi connectivity index (χ4v) is 1.49. The first-order valence-corrected chi connectivity index (χ1v) is 5.31. The molecule has 0 fully saturated rings. The first-order chi connectivity index (χ1) is 8.06. The van der Waals surface area contributed by atoms with Crippen LogP contribution < -0.4 is 0 Å². The smallest absolute Gasteiger partial charge is 0.323 e. The molecule has 0 aliphatic heterocycles. The Labute approximate surface area is 98.7 Å². The molecule has 4 nitrogen and oxygen atoms in total. The van der Waals surface area contributed by atoms with Gasteiger partial charge < -0.3 is 10.0 Å². The van der Waals surface area contributed by atoms with Crippen LogP contribution in [0.15, 0.2) is 24.3 Å². The highest BCUT2D eigenvalue weighted by Crippen LogP contribution is 2.10. The molecule has 1 rings (SSSR count). The predicted octanol–water partition coefficient (Wildman–Crippen LogP) is 1.76. The molecule has 0 atom stereocenters. The number of amides is 1. The number of carbonyl (C=O) groups is 2. The zero-order valence-corrected chi connectivity index (χ0v) is 9.52. The van der Waals surface area contributed by atoms with Crippen LogP contribution in [0.5, 0.6) is 0 Å². The van der Waals surface area contributed by atoms with Gasteiger partial charge in [0.2, 0.25) is 0 Å². The highest BCUT2D eigenvalue weighted by atomic mass is 19.1. The average Bonchev–Trinajstić information content (AvgIpc) is 2.28. The van der Waals surface area contributed by atoms with Gasteiger partial charge >= 0.3 is 5.97 Å². The molecule has 0 aliphatic carbocycles. The molecule has 0 unspecified atom stereocenters. The van der Waals surface area contributed by atoms with E-state index in [2.05, 4.69) is 0 Å². The summed E-state index contributed by atoms with van der Waals surface area (Å²) < 4.78 is 13.4. The summed E-state index contributed by atoms with van der Waals surface area (Å²) in [4.78, 5) is 23.7. The lowest BCUT2D eigenvalue weighted by atomic mass is 10.2. The number of hydrogen-bond acceptors (Lipinski definition) is 2. The summed E-state index contributed by atoms with van der Waals surface area (Å²) in [6.45, 7) is 1.70. The van der Waals surface area contributed by atoms with Crippen LogP contribution in [0, 0.1) is 5.82 Å². The molecule has 17 heavy (non-hydrogen) atoms. The number of rotatable bonds is 5. The number of benzene rings is 1. The quantitative estimate of drug-likeness (QED) is 0.851. The van der Waals surface area contributed by atoms with Gasteiger partial charge in [0.15, 0.2) is 0 Å². The molecule has 0 aromatic heterocycles. The molecule has 0 saturated heterocycles. The van der Waals surface area contributed by atoms with Crippen molar-refractivity contribution in [2.24, 2.45) is 0 Å². The van der Waals surface area contributed by atoms with E-state index in [1.54, 1.807) is 6.07 Å². The van der Waals surface area contributed by atoms with E-state index in [0.29, 0.717) is 13.0 Å². The van der Waals surface area contributed by atoms with E-state index < -0.39 is 24.2 Å². The fourth-order valence-electron chi connectivity index (χ4n) is 1.49. The Morgan fingerprint density at radius 2 is 2.00 bits per heavy atom. The summed E-state index contributed by atoms with van der Waals surface area (Å²) in [5, 5.41) is 8.69. The molecule has 0 radical (unpaired) electrons. The number of carbonyl (C=O) groups excluding carboxylic acids is 1. The Hall–Kier alpha value is -1.91. The van der Waals surface area contributed by atoms with E-state index in [-0.39, 0.29) is 5.56 Å². The first kappa shape index (κ1) is 13.2. The molecule has 0 spiro atoms. The van der Waals surface area contributed by atoms with E-state index in [1.807, 2.05) is 6.92 Å². The van der Waals surface area contributed by atoms with E-state index in [4.69, 9.17) is 5.11 Å². The maximum absolute atomic E-state index is 13.4. The zero-order chi connectivity index (χ0) is 12.8. The number of carboxylic acids is 1. The maximum atomic E-state index is 13.4. The van der Waals surface area contributed by atoms with Crippen molar-refractivity contribution in [3.8, 4) is 0 Å². The minimum Gasteiger partial charge on any atom is -0.480 e. The van der Waals surface area contributed by atoms with Crippen LogP contribution in [0.4, 0.5) is 4.39 Å². The lowest BCUT2D eigenvalue weighted by Crippen LogP contribution is -2.36. The third-order valence-corrected chi connectivity index (χ3v) is 2.21. The molecule has 5 heteroatoms. The van der Waals surface area contributed by atoms with Crippen molar-refractivity contribution >= 4 is 11.9 Å². The summed E-state index contributed by atoms with van der Waals surface area (Å²) in [5.74, 6) is -2.33. The molecule has 1 aromatic carbocycles. The second-order valence-electron chi connectivity index (χ2n) is 3.60. The van der Waals surface area contributed by atoms with Crippen molar-refractivity contribution in [2.45, 2.75) is 13.3 Å². The summed E-state index contributed by atoms with van der Waals surface area (Å²) in [6.07, 6.45) is 0.619. The van der Waals surface area contributed by atoms with Gasteiger partial charge in [0, 0.05) is 6.54 Å². The Bertz CT molecular complexity index is 420. The van der Waals surface area contributed by atoms with Crippen LogP contribution in [0.25, 0.3) is 0 Å². The van der Waals surface area contributed by atoms with Crippen LogP contribution in [0.1, 0.15) is 23.7 Å². The SMILES string of the molecule is CCCN(CC(=O)O)C(=O)c1ccccc1F. The van der Waals surface area contributed by atoms with Crippen molar-refractivity contribution in [1.82, 2.24) is 4.90 Å². The number of nitrogens with zero attached hydrogens (tertiary/aromatic N) is 1. The van der Waals surface area contributed by atoms with Gasteiger partial charge in [-0.1, -0.05) is 19.1 Å². The van der Waals surface area contributed by atoms with Crippen LogP contribution >= 0.6 is 0 Å². The normalized spacial score (nSPS) is 10.0. The minimum atomic E-state index is -1.11. The van der Waals surface area contributed by atoms with Gasteiger partial charge in [0.05, 0.1) is 5.56 Å². The monoisotopic (exact) mass is 239 g/mol. The third kappa shape index (κ3) is 3.55. The molecule has 0 aliphatic rings. The summed E-state index contributed by atoms with van der Waals surface area (Å²) in [7, 11) is 0. The van der Waals surface area contributed by atoms with E-state index >= 15 is 0 Å². The van der Waals surface area contributed by atoms with Crippen LogP contribution in [0.2, 0.25) is 0 Å². The van der Waals surface area contributed by atoms with Gasteiger partial charge in [-0.15, -0.1) is 0 Å². The van der Waals surface area contributed by atoms with Crippen molar-refractivity contribution < 1.29 is 19.1 Å². The summed E-state index contributed by atoms with van der Waals surface area (Å²) in [5.41, 5.74) is -0.0952. The molecule has 92 valence electrons. The van der Waals surface area contributed by atoms with Crippen molar-refractivity contribution in [3.05, 3.63) is 35.6 Å². The maximum Gasteiger partial charge on any atom is 0.323 e. The third-order valence-electron chi connectivity index (χ3n) is 2.21. The van der Waals surface area contributed by atoms with Gasteiger partial charge in [-0.3, -0.25) is 9.59 Å². The van der Waals surface area contributed by atoms with Crippen LogP contribution in [-0.2, 0) is 4.79 Å². The van der Waals surface area contributed by atoms with Gasteiger partial charge in [-0.25, -0.2) is 4.39 Å². The van der Waals surface area contributed by atoms with Crippen LogP contribution in [-0.4, -0.2) is 35.0 Å². The second-order valence-corrected chi connectivity index (χ2v) is 3.60. The van der Waals surface area contributed by atoms with Gasteiger partial charge in [-0.2, -0.15) is 0 Å². The van der Waals surface area contributed by atoms with E-state index in [1.165, 1.54) is 18.2 Å². The highest BCUT2D eigenvalue weighted by Gasteiger charge is 2.20. The van der Waals surface area contributed by atoms with Gasteiger partial charge in [0.25, 0.3) is 5.91 Å². The average molecular weight is 239 g/mol. The van der Waals surface area contributed by atoms with Crippen molar-refractivity contribution in [1.29, 1.82) is 0 Å². The summed E-state index contributed by atoms with van der Waals surface area (Å²) >= 11 is 0. The number of halogens is 1. The minimum absolute atomic E-state index is 0.0952. The number of carboxylic acid groups (broad SMARTS) is 1. The van der Waals surface area contributed by atoms with E-state index in [0.717, 1.165) is 4.90 Å².